The Bertz CT molecular complexity index is 604. The lowest BCUT2D eigenvalue weighted by Crippen LogP contribution is -2.48. The van der Waals surface area contributed by atoms with Gasteiger partial charge >= 0.3 is 0 Å². The Hall–Kier alpha value is -1.88. The van der Waals surface area contributed by atoms with E-state index in [4.69, 9.17) is 4.74 Å². The van der Waals surface area contributed by atoms with E-state index in [0.717, 1.165) is 17.7 Å². The third-order valence-electron chi connectivity index (χ3n) is 4.31. The number of benzene rings is 1. The highest BCUT2D eigenvalue weighted by Gasteiger charge is 2.28. The van der Waals surface area contributed by atoms with Gasteiger partial charge in [0, 0.05) is 37.8 Å². The highest BCUT2D eigenvalue weighted by Crippen LogP contribution is 2.29. The summed E-state index contributed by atoms with van der Waals surface area (Å²) in [6.07, 6.45) is 0.942. The number of carbonyl (C=O) groups is 2. The van der Waals surface area contributed by atoms with Crippen molar-refractivity contribution in [1.82, 2.24) is 4.90 Å². The molecule has 118 valence electrons. The van der Waals surface area contributed by atoms with Gasteiger partial charge in [0.05, 0.1) is 12.2 Å². The lowest BCUT2D eigenvalue weighted by atomic mass is 10.1. The first-order chi connectivity index (χ1) is 10.5. The van der Waals surface area contributed by atoms with Crippen LogP contribution in [0, 0.1) is 0 Å². The topological polar surface area (TPSA) is 49.9 Å². The average Bonchev–Trinajstić information content (AvgIpc) is 2.88. The predicted octanol–water partition coefficient (Wildman–Crippen LogP) is 1.84. The number of ether oxygens (including phenoxy) is 1. The van der Waals surface area contributed by atoms with Gasteiger partial charge in [0.25, 0.3) is 5.91 Å². The van der Waals surface area contributed by atoms with Crippen molar-refractivity contribution in [2.75, 3.05) is 24.5 Å². The highest BCUT2D eigenvalue weighted by molar-refractivity contribution is 5.98. The van der Waals surface area contributed by atoms with Crippen molar-refractivity contribution in [1.29, 1.82) is 0 Å². The second-order valence-electron chi connectivity index (χ2n) is 6.23. The predicted molar refractivity (Wildman–Crippen MR) is 84.1 cm³/mol. The molecular weight excluding hydrogens is 280 g/mol. The molecule has 0 radical (unpaired) electrons. The van der Waals surface area contributed by atoms with Gasteiger partial charge < -0.3 is 14.5 Å². The van der Waals surface area contributed by atoms with Gasteiger partial charge in [-0.3, -0.25) is 9.59 Å². The van der Waals surface area contributed by atoms with Crippen LogP contribution in [0.3, 0.4) is 0 Å². The van der Waals surface area contributed by atoms with E-state index in [9.17, 15) is 9.59 Å². The average molecular weight is 302 g/mol. The maximum atomic E-state index is 12.7. The summed E-state index contributed by atoms with van der Waals surface area (Å²) in [7, 11) is 0. The van der Waals surface area contributed by atoms with Gasteiger partial charge in [0.15, 0.2) is 0 Å². The van der Waals surface area contributed by atoms with Gasteiger partial charge in [-0.1, -0.05) is 0 Å². The molecule has 5 nitrogen and oxygen atoms in total. The van der Waals surface area contributed by atoms with E-state index in [-0.39, 0.29) is 24.0 Å². The molecule has 5 heteroatoms. The van der Waals surface area contributed by atoms with Crippen LogP contribution in [-0.4, -0.2) is 48.6 Å². The van der Waals surface area contributed by atoms with Crippen LogP contribution in [0.2, 0.25) is 0 Å². The Balaban J connectivity index is 1.81. The number of anilines is 1. The first-order valence-electron chi connectivity index (χ1n) is 7.81. The molecule has 1 saturated heterocycles. The Morgan fingerprint density at radius 1 is 1.18 bits per heavy atom. The lowest BCUT2D eigenvalue weighted by molar-refractivity contribution is -0.116. The lowest BCUT2D eigenvalue weighted by Gasteiger charge is -2.35. The fourth-order valence-electron chi connectivity index (χ4n) is 3.39. The monoisotopic (exact) mass is 302 g/mol. The number of rotatable bonds is 1. The molecule has 2 unspecified atom stereocenters. The minimum Gasteiger partial charge on any atom is -0.372 e. The molecule has 2 aliphatic heterocycles. The SMILES string of the molecule is CC(=O)N1CCc2cc(C(=O)N3CC(C)OC(C)C3)ccc21. The smallest absolute Gasteiger partial charge is 0.254 e. The van der Waals surface area contributed by atoms with Crippen LogP contribution in [0.15, 0.2) is 18.2 Å². The van der Waals surface area contributed by atoms with Crippen LogP contribution < -0.4 is 4.90 Å². The molecule has 2 aliphatic rings. The van der Waals surface area contributed by atoms with E-state index in [1.807, 2.05) is 36.9 Å². The normalized spacial score (nSPS) is 24.3. The molecular formula is C17H22N2O3. The van der Waals surface area contributed by atoms with Gasteiger partial charge in [0.2, 0.25) is 5.91 Å². The van der Waals surface area contributed by atoms with Crippen LogP contribution in [0.1, 0.15) is 36.7 Å². The summed E-state index contributed by atoms with van der Waals surface area (Å²) in [6.45, 7) is 7.50. The molecule has 0 N–H and O–H groups in total. The fourth-order valence-corrected chi connectivity index (χ4v) is 3.39. The Morgan fingerprint density at radius 3 is 2.50 bits per heavy atom. The van der Waals surface area contributed by atoms with Crippen LogP contribution in [0.4, 0.5) is 5.69 Å². The third kappa shape index (κ3) is 2.73. The van der Waals surface area contributed by atoms with E-state index in [2.05, 4.69) is 0 Å². The van der Waals surface area contributed by atoms with Crippen molar-refractivity contribution in [2.24, 2.45) is 0 Å². The van der Waals surface area contributed by atoms with E-state index in [0.29, 0.717) is 25.2 Å². The molecule has 0 spiro atoms. The number of hydrogen-bond acceptors (Lipinski definition) is 3. The van der Waals surface area contributed by atoms with E-state index in [1.54, 1.807) is 11.8 Å². The first kappa shape index (κ1) is 15.0. The molecule has 1 fully saturated rings. The summed E-state index contributed by atoms with van der Waals surface area (Å²) >= 11 is 0. The van der Waals surface area contributed by atoms with Gasteiger partial charge in [-0.05, 0) is 44.0 Å². The quantitative estimate of drug-likeness (QED) is 0.795. The number of morpholine rings is 1. The number of hydrogen-bond donors (Lipinski definition) is 0. The Morgan fingerprint density at radius 2 is 1.86 bits per heavy atom. The minimum absolute atomic E-state index is 0.0473. The van der Waals surface area contributed by atoms with Crippen molar-refractivity contribution in [3.05, 3.63) is 29.3 Å². The zero-order valence-corrected chi connectivity index (χ0v) is 13.3. The van der Waals surface area contributed by atoms with Crippen molar-refractivity contribution < 1.29 is 14.3 Å². The zero-order valence-electron chi connectivity index (χ0n) is 13.3. The standard InChI is InChI=1S/C17H22N2O3/c1-11-9-18(10-12(2)22-11)17(21)15-4-5-16-14(8-15)6-7-19(16)13(3)20/h4-5,8,11-12H,6-7,9-10H2,1-3H3. The fraction of sp³-hybridized carbons (Fsp3) is 0.529. The molecule has 2 heterocycles. The molecule has 1 aromatic carbocycles. The Kier molecular flexibility index (Phi) is 3.91. The molecule has 2 amide bonds. The summed E-state index contributed by atoms with van der Waals surface area (Å²) in [5.74, 6) is 0.0970. The zero-order chi connectivity index (χ0) is 15.9. The van der Waals surface area contributed by atoms with Crippen LogP contribution in [0.5, 0.6) is 0 Å². The van der Waals surface area contributed by atoms with E-state index < -0.39 is 0 Å². The van der Waals surface area contributed by atoms with Crippen LogP contribution in [-0.2, 0) is 16.0 Å². The summed E-state index contributed by atoms with van der Waals surface area (Å²) in [6, 6.07) is 5.66. The third-order valence-corrected chi connectivity index (χ3v) is 4.31. The van der Waals surface area contributed by atoms with Gasteiger partial charge in [-0.15, -0.1) is 0 Å². The Labute approximate surface area is 130 Å². The molecule has 0 aromatic heterocycles. The second-order valence-corrected chi connectivity index (χ2v) is 6.23. The second kappa shape index (κ2) is 5.72. The first-order valence-corrected chi connectivity index (χ1v) is 7.81. The largest absolute Gasteiger partial charge is 0.372 e. The van der Waals surface area contributed by atoms with E-state index >= 15 is 0 Å². The van der Waals surface area contributed by atoms with Crippen molar-refractivity contribution in [2.45, 2.75) is 39.4 Å². The molecule has 0 bridgehead atoms. The summed E-state index contributed by atoms with van der Waals surface area (Å²) in [5.41, 5.74) is 2.72. The summed E-state index contributed by atoms with van der Waals surface area (Å²) < 4.78 is 5.68. The maximum absolute atomic E-state index is 12.7. The number of carbonyl (C=O) groups excluding carboxylic acids is 2. The molecule has 2 atom stereocenters. The van der Waals surface area contributed by atoms with Crippen molar-refractivity contribution in [3.63, 3.8) is 0 Å². The van der Waals surface area contributed by atoms with Crippen molar-refractivity contribution >= 4 is 17.5 Å². The number of amides is 2. The molecule has 0 aliphatic carbocycles. The molecule has 22 heavy (non-hydrogen) atoms. The maximum Gasteiger partial charge on any atom is 0.254 e. The van der Waals surface area contributed by atoms with Gasteiger partial charge in [0.1, 0.15) is 0 Å². The summed E-state index contributed by atoms with van der Waals surface area (Å²) in [4.78, 5) is 27.9. The van der Waals surface area contributed by atoms with Crippen LogP contribution >= 0.6 is 0 Å². The molecule has 0 saturated carbocycles. The highest BCUT2D eigenvalue weighted by atomic mass is 16.5. The molecule has 1 aromatic rings. The van der Waals surface area contributed by atoms with Crippen molar-refractivity contribution in [3.8, 4) is 0 Å². The van der Waals surface area contributed by atoms with Gasteiger partial charge in [-0.2, -0.15) is 0 Å². The number of fused-ring (bicyclic) bond motifs is 1. The summed E-state index contributed by atoms with van der Waals surface area (Å²) in [5, 5.41) is 0. The minimum atomic E-state index is 0.0473. The van der Waals surface area contributed by atoms with Crippen LogP contribution in [0.25, 0.3) is 0 Å². The number of nitrogens with zero attached hydrogens (tertiary/aromatic N) is 2. The van der Waals surface area contributed by atoms with E-state index in [1.165, 1.54) is 0 Å². The molecule has 3 rings (SSSR count). The van der Waals surface area contributed by atoms with Gasteiger partial charge in [-0.25, -0.2) is 0 Å².